The third-order valence-corrected chi connectivity index (χ3v) is 4.72. The lowest BCUT2D eigenvalue weighted by Gasteiger charge is -2.32. The Kier molecular flexibility index (Phi) is 4.73. The maximum atomic E-state index is 13.4. The molecule has 6 heteroatoms. The van der Waals surface area contributed by atoms with Gasteiger partial charge < -0.3 is 20.4 Å². The molecule has 2 aromatic rings. The molecular weight excluding hydrogens is 321 g/mol. The Bertz CT molecular complexity index is 766. The molecule has 1 aromatic heterocycles. The topological polar surface area (TPSA) is 71.3 Å². The van der Waals surface area contributed by atoms with E-state index in [-0.39, 0.29) is 23.9 Å². The van der Waals surface area contributed by atoms with Crippen molar-refractivity contribution < 1.29 is 13.9 Å². The number of hydrogen-bond donors (Lipinski definition) is 2. The number of fused-ring (bicyclic) bond motifs is 1. The summed E-state index contributed by atoms with van der Waals surface area (Å²) in [4.78, 5) is 17.5. The van der Waals surface area contributed by atoms with Crippen LogP contribution < -0.4 is 5.73 Å². The molecule has 1 saturated heterocycles. The van der Waals surface area contributed by atoms with Crippen LogP contribution in [0, 0.1) is 5.82 Å². The van der Waals surface area contributed by atoms with Gasteiger partial charge in [-0.3, -0.25) is 0 Å². The van der Waals surface area contributed by atoms with Crippen LogP contribution in [0.3, 0.4) is 0 Å². The number of carbonyl (C=O) groups excluding carboxylic acids is 1. The van der Waals surface area contributed by atoms with Gasteiger partial charge in [0.05, 0.1) is 0 Å². The summed E-state index contributed by atoms with van der Waals surface area (Å²) in [6.45, 7) is 6.68. The summed E-state index contributed by atoms with van der Waals surface area (Å²) in [6.07, 6.45) is 3.40. The monoisotopic (exact) mass is 347 g/mol. The normalized spacial score (nSPS) is 19.4. The number of aromatic amines is 1. The first kappa shape index (κ1) is 17.7. The van der Waals surface area contributed by atoms with E-state index in [1.54, 1.807) is 11.0 Å². The molecule has 0 spiro atoms. The quantitative estimate of drug-likeness (QED) is 0.888. The third-order valence-electron chi connectivity index (χ3n) is 4.72. The third kappa shape index (κ3) is 3.63. The number of nitrogens with zero attached hydrogens (tertiary/aromatic N) is 1. The highest BCUT2D eigenvalue weighted by atomic mass is 19.1. The zero-order chi connectivity index (χ0) is 18.2. The minimum atomic E-state index is -0.527. The van der Waals surface area contributed by atoms with Crippen LogP contribution >= 0.6 is 0 Å². The molecule has 0 aliphatic carbocycles. The molecule has 1 aliphatic heterocycles. The van der Waals surface area contributed by atoms with Gasteiger partial charge in [0.1, 0.15) is 11.4 Å². The molecule has 25 heavy (non-hydrogen) atoms. The van der Waals surface area contributed by atoms with Gasteiger partial charge in [-0.25, -0.2) is 9.18 Å². The number of ether oxygens (including phenoxy) is 1. The number of rotatable bonds is 3. The van der Waals surface area contributed by atoms with Gasteiger partial charge in [-0.15, -0.1) is 0 Å². The lowest BCUT2D eigenvalue weighted by molar-refractivity contribution is 0.0207. The molecule has 2 heterocycles. The van der Waals surface area contributed by atoms with E-state index in [9.17, 15) is 9.18 Å². The number of likely N-dealkylation sites (tertiary alicyclic amines) is 1. The zero-order valence-electron chi connectivity index (χ0n) is 15.0. The van der Waals surface area contributed by atoms with Gasteiger partial charge in [-0.05, 0) is 57.4 Å². The predicted molar refractivity (Wildman–Crippen MR) is 96.0 cm³/mol. The first-order valence-corrected chi connectivity index (χ1v) is 8.76. The Hall–Kier alpha value is -2.08. The highest BCUT2D eigenvalue weighted by molar-refractivity contribution is 5.84. The number of aromatic nitrogens is 1. The molecule has 1 fully saturated rings. The summed E-state index contributed by atoms with van der Waals surface area (Å²) in [5.74, 6) is -0.296. The molecule has 5 nitrogen and oxygen atoms in total. The van der Waals surface area contributed by atoms with Crippen LogP contribution in [0.5, 0.6) is 0 Å². The molecule has 1 amide bonds. The van der Waals surface area contributed by atoms with E-state index in [4.69, 9.17) is 10.5 Å². The summed E-state index contributed by atoms with van der Waals surface area (Å²) in [5.41, 5.74) is 7.33. The van der Waals surface area contributed by atoms with E-state index in [0.29, 0.717) is 13.1 Å². The van der Waals surface area contributed by atoms with Crippen LogP contribution in [-0.2, 0) is 4.74 Å². The number of nitrogens with one attached hydrogen (secondary N) is 1. The van der Waals surface area contributed by atoms with Crippen molar-refractivity contribution in [1.29, 1.82) is 0 Å². The van der Waals surface area contributed by atoms with Gasteiger partial charge in [-0.1, -0.05) is 0 Å². The second-order valence-corrected chi connectivity index (χ2v) is 7.66. The van der Waals surface area contributed by atoms with Gasteiger partial charge in [0.2, 0.25) is 0 Å². The molecular formula is C19H26FN3O2. The molecule has 3 N–H and O–H groups in total. The summed E-state index contributed by atoms with van der Waals surface area (Å²) >= 11 is 0. The molecule has 0 saturated carbocycles. The average Bonchev–Trinajstić information content (AvgIpc) is 3.14. The summed E-state index contributed by atoms with van der Waals surface area (Å²) in [6, 6.07) is 4.69. The smallest absolute Gasteiger partial charge is 0.410 e. The van der Waals surface area contributed by atoms with Crippen molar-refractivity contribution >= 4 is 17.0 Å². The highest BCUT2D eigenvalue weighted by Crippen LogP contribution is 2.35. The Morgan fingerprint density at radius 2 is 2.24 bits per heavy atom. The molecule has 0 bridgehead atoms. The van der Waals surface area contributed by atoms with E-state index in [2.05, 4.69) is 4.98 Å². The molecule has 3 rings (SSSR count). The number of H-pyrrole nitrogens is 1. The number of amides is 1. The maximum absolute atomic E-state index is 13.4. The van der Waals surface area contributed by atoms with Gasteiger partial charge in [0, 0.05) is 42.1 Å². The van der Waals surface area contributed by atoms with E-state index >= 15 is 0 Å². The summed E-state index contributed by atoms with van der Waals surface area (Å²) < 4.78 is 19.0. The Balaban J connectivity index is 1.89. The first-order chi connectivity index (χ1) is 11.8. The fourth-order valence-corrected chi connectivity index (χ4v) is 3.68. The fourth-order valence-electron chi connectivity index (χ4n) is 3.68. The van der Waals surface area contributed by atoms with Crippen molar-refractivity contribution in [2.45, 2.75) is 51.2 Å². The van der Waals surface area contributed by atoms with Crippen LogP contribution in [0.15, 0.2) is 24.4 Å². The summed E-state index contributed by atoms with van der Waals surface area (Å²) in [5, 5.41) is 0.952. The van der Waals surface area contributed by atoms with Gasteiger partial charge in [0.25, 0.3) is 0 Å². The molecule has 2 atom stereocenters. The number of benzene rings is 1. The summed E-state index contributed by atoms with van der Waals surface area (Å²) in [7, 11) is 0. The van der Waals surface area contributed by atoms with E-state index in [1.807, 2.05) is 27.0 Å². The number of hydrogen-bond acceptors (Lipinski definition) is 3. The molecule has 1 aromatic carbocycles. The Morgan fingerprint density at radius 3 is 2.92 bits per heavy atom. The van der Waals surface area contributed by atoms with Crippen LogP contribution in [0.2, 0.25) is 0 Å². The molecule has 136 valence electrons. The van der Waals surface area contributed by atoms with Crippen molar-refractivity contribution in [2.24, 2.45) is 5.73 Å². The lowest BCUT2D eigenvalue weighted by atomic mass is 9.89. The van der Waals surface area contributed by atoms with Crippen molar-refractivity contribution in [1.82, 2.24) is 9.88 Å². The minimum absolute atomic E-state index is 0.0103. The van der Waals surface area contributed by atoms with Crippen LogP contribution in [0.1, 0.15) is 45.1 Å². The largest absolute Gasteiger partial charge is 0.444 e. The van der Waals surface area contributed by atoms with Gasteiger partial charge in [0.15, 0.2) is 0 Å². The molecule has 0 radical (unpaired) electrons. The molecule has 1 aliphatic rings. The van der Waals surface area contributed by atoms with Gasteiger partial charge >= 0.3 is 6.09 Å². The first-order valence-electron chi connectivity index (χ1n) is 8.76. The number of halogens is 1. The lowest BCUT2D eigenvalue weighted by Crippen LogP contribution is -2.43. The van der Waals surface area contributed by atoms with Crippen LogP contribution in [0.25, 0.3) is 10.9 Å². The SMILES string of the molecule is CC(C)(C)OC(=O)N1CCCC1C(CN)c1c[nH]c2cc(F)ccc12. The van der Waals surface area contributed by atoms with Crippen molar-refractivity contribution in [2.75, 3.05) is 13.1 Å². The predicted octanol–water partition coefficient (Wildman–Crippen LogP) is 3.75. The highest BCUT2D eigenvalue weighted by Gasteiger charge is 2.37. The second-order valence-electron chi connectivity index (χ2n) is 7.66. The average molecular weight is 347 g/mol. The standard InChI is InChI=1S/C19H26FN3O2/c1-19(2,3)25-18(24)23-8-4-5-17(23)14(10-21)15-11-22-16-9-12(20)6-7-13(15)16/h6-7,9,11,14,17,22H,4-5,8,10,21H2,1-3H3. The van der Waals surface area contributed by atoms with Crippen molar-refractivity contribution in [3.8, 4) is 0 Å². The number of carbonyl (C=O) groups is 1. The van der Waals surface area contributed by atoms with Crippen LogP contribution in [0.4, 0.5) is 9.18 Å². The van der Waals surface area contributed by atoms with E-state index < -0.39 is 5.60 Å². The van der Waals surface area contributed by atoms with Crippen molar-refractivity contribution in [3.63, 3.8) is 0 Å². The second kappa shape index (κ2) is 6.67. The fraction of sp³-hybridized carbons (Fsp3) is 0.526. The molecule has 2 unspecified atom stereocenters. The minimum Gasteiger partial charge on any atom is -0.444 e. The van der Waals surface area contributed by atoms with E-state index in [1.165, 1.54) is 12.1 Å². The van der Waals surface area contributed by atoms with Gasteiger partial charge in [-0.2, -0.15) is 0 Å². The van der Waals surface area contributed by atoms with Crippen LogP contribution in [-0.4, -0.2) is 40.7 Å². The maximum Gasteiger partial charge on any atom is 0.410 e. The van der Waals surface area contributed by atoms with Crippen molar-refractivity contribution in [3.05, 3.63) is 35.8 Å². The Morgan fingerprint density at radius 1 is 1.48 bits per heavy atom. The zero-order valence-corrected chi connectivity index (χ0v) is 15.0. The van der Waals surface area contributed by atoms with E-state index in [0.717, 1.165) is 29.3 Å². The number of nitrogens with two attached hydrogens (primary N) is 1. The Labute approximate surface area is 147 Å².